The van der Waals surface area contributed by atoms with Crippen molar-refractivity contribution in [3.8, 4) is 11.4 Å². The van der Waals surface area contributed by atoms with E-state index in [4.69, 9.17) is 11.6 Å². The second-order valence-corrected chi connectivity index (χ2v) is 11.6. The van der Waals surface area contributed by atoms with Crippen LogP contribution in [0.4, 0.5) is 11.5 Å². The van der Waals surface area contributed by atoms with Gasteiger partial charge >= 0.3 is 0 Å². The first-order valence-corrected chi connectivity index (χ1v) is 14.0. The summed E-state index contributed by atoms with van der Waals surface area (Å²) >= 11 is 8.86. The van der Waals surface area contributed by atoms with E-state index < -0.39 is 0 Å². The normalized spacial score (nSPS) is 10.9. The topological polar surface area (TPSA) is 89.2 Å². The van der Waals surface area contributed by atoms with Crippen molar-refractivity contribution < 1.29 is 9.59 Å². The van der Waals surface area contributed by atoms with Crippen molar-refractivity contribution in [2.45, 2.75) is 13.1 Å². The lowest BCUT2D eigenvalue weighted by atomic mass is 10.2. The molecule has 0 atom stereocenters. The van der Waals surface area contributed by atoms with Crippen molar-refractivity contribution >= 4 is 57.5 Å². The van der Waals surface area contributed by atoms with Crippen molar-refractivity contribution in [1.82, 2.24) is 14.3 Å². The number of carbonyl (C=O) groups is 2. The van der Waals surface area contributed by atoms with Gasteiger partial charge in [-0.15, -0.1) is 22.7 Å². The van der Waals surface area contributed by atoms with Crippen LogP contribution in [0.15, 0.2) is 83.0 Å². The van der Waals surface area contributed by atoms with E-state index in [0.29, 0.717) is 44.2 Å². The number of aromatic nitrogens is 3. The predicted molar refractivity (Wildman–Crippen MR) is 158 cm³/mol. The van der Waals surface area contributed by atoms with Gasteiger partial charge in [-0.05, 0) is 41.8 Å². The van der Waals surface area contributed by atoms with Gasteiger partial charge in [-0.25, -0.2) is 0 Å². The summed E-state index contributed by atoms with van der Waals surface area (Å²) in [6, 6.07) is 21.1. The van der Waals surface area contributed by atoms with Crippen LogP contribution in [0.25, 0.3) is 11.4 Å². The molecule has 0 aliphatic rings. The molecule has 0 fully saturated rings. The lowest BCUT2D eigenvalue weighted by molar-refractivity contribution is 0.0945. The Labute approximate surface area is 237 Å². The number of nitrogens with one attached hydrogen (secondary N) is 1. The maximum Gasteiger partial charge on any atom is 0.280 e. The van der Waals surface area contributed by atoms with Gasteiger partial charge in [-0.2, -0.15) is 9.78 Å². The first-order chi connectivity index (χ1) is 18.8. The molecule has 0 saturated heterocycles. The Morgan fingerprint density at radius 1 is 1.03 bits per heavy atom. The van der Waals surface area contributed by atoms with Crippen LogP contribution in [-0.4, -0.2) is 40.1 Å². The quantitative estimate of drug-likeness (QED) is 0.225. The molecule has 0 radical (unpaired) electrons. The van der Waals surface area contributed by atoms with Gasteiger partial charge in [-0.1, -0.05) is 35.9 Å². The van der Waals surface area contributed by atoms with Crippen molar-refractivity contribution in [3.05, 3.63) is 108 Å². The number of thiophene rings is 2. The SMILES string of the molecule is CN(C)c1cc(-c2cc(NCc3ccc(Cl)s3)n(C(=O)c3ccccc3)n2)n(CC(=O)c2cccs2)c(=O)c1. The van der Waals surface area contributed by atoms with Gasteiger partial charge in [0.15, 0.2) is 5.78 Å². The van der Waals surface area contributed by atoms with Gasteiger partial charge in [0.05, 0.1) is 28.0 Å². The van der Waals surface area contributed by atoms with Crippen molar-refractivity contribution in [2.24, 2.45) is 0 Å². The minimum absolute atomic E-state index is 0.154. The number of hydrogen-bond acceptors (Lipinski definition) is 8. The number of ketones is 1. The smallest absolute Gasteiger partial charge is 0.280 e. The highest BCUT2D eigenvalue weighted by atomic mass is 35.5. The Hall–Kier alpha value is -3.99. The van der Waals surface area contributed by atoms with E-state index in [1.807, 2.05) is 42.6 Å². The Balaban J connectivity index is 1.61. The van der Waals surface area contributed by atoms with E-state index in [1.54, 1.807) is 48.5 Å². The third-order valence-corrected chi connectivity index (χ3v) is 8.13. The average Bonchev–Trinajstić information content (AvgIpc) is 3.70. The number of carbonyl (C=O) groups excluding carboxylic acids is 2. The van der Waals surface area contributed by atoms with Crippen LogP contribution >= 0.6 is 34.3 Å². The Kier molecular flexibility index (Phi) is 7.78. The summed E-state index contributed by atoms with van der Waals surface area (Å²) in [5.74, 6) is -0.0678. The number of nitrogens with zero attached hydrogens (tertiary/aromatic N) is 4. The van der Waals surface area contributed by atoms with Gasteiger partial charge in [-0.3, -0.25) is 19.0 Å². The van der Waals surface area contributed by atoms with E-state index in [0.717, 1.165) is 4.88 Å². The van der Waals surface area contributed by atoms with Crippen LogP contribution in [0.5, 0.6) is 0 Å². The summed E-state index contributed by atoms with van der Waals surface area (Å²) in [6.07, 6.45) is 0. The molecule has 0 spiro atoms. The Bertz CT molecular complexity index is 1690. The van der Waals surface area contributed by atoms with Crippen LogP contribution in [-0.2, 0) is 13.1 Å². The average molecular weight is 578 g/mol. The summed E-state index contributed by atoms with van der Waals surface area (Å²) in [4.78, 5) is 43.1. The van der Waals surface area contributed by atoms with E-state index in [2.05, 4.69) is 10.4 Å². The summed E-state index contributed by atoms with van der Waals surface area (Å²) in [5, 5.41) is 9.75. The molecule has 0 unspecified atom stereocenters. The molecule has 0 aliphatic carbocycles. The molecule has 1 N–H and O–H groups in total. The molecule has 198 valence electrons. The molecule has 11 heteroatoms. The van der Waals surface area contributed by atoms with E-state index in [9.17, 15) is 14.4 Å². The van der Waals surface area contributed by atoms with Crippen LogP contribution in [0.2, 0.25) is 4.34 Å². The molecule has 1 aromatic carbocycles. The molecule has 0 bridgehead atoms. The molecular weight excluding hydrogens is 554 g/mol. The van der Waals surface area contributed by atoms with E-state index in [1.165, 1.54) is 38.0 Å². The fourth-order valence-corrected chi connectivity index (χ4v) is 5.67. The number of hydrogen-bond donors (Lipinski definition) is 1. The number of rotatable bonds is 9. The highest BCUT2D eigenvalue weighted by molar-refractivity contribution is 7.16. The highest BCUT2D eigenvalue weighted by Crippen LogP contribution is 2.27. The zero-order chi connectivity index (χ0) is 27.5. The van der Waals surface area contributed by atoms with Crippen LogP contribution in [0.1, 0.15) is 24.9 Å². The molecule has 5 aromatic rings. The first kappa shape index (κ1) is 26.6. The van der Waals surface area contributed by atoms with Gasteiger partial charge in [0.25, 0.3) is 11.5 Å². The molecule has 8 nitrogen and oxygen atoms in total. The highest BCUT2D eigenvalue weighted by Gasteiger charge is 2.21. The molecule has 4 heterocycles. The third-order valence-electron chi connectivity index (χ3n) is 5.98. The Morgan fingerprint density at radius 3 is 2.49 bits per heavy atom. The molecule has 0 aliphatic heterocycles. The lowest BCUT2D eigenvalue weighted by Crippen LogP contribution is -2.27. The van der Waals surface area contributed by atoms with Crippen molar-refractivity contribution in [1.29, 1.82) is 0 Å². The van der Waals surface area contributed by atoms with Gasteiger partial charge in [0, 0.05) is 42.4 Å². The number of halogens is 1. The van der Waals surface area contributed by atoms with E-state index >= 15 is 0 Å². The van der Waals surface area contributed by atoms with Crippen LogP contribution in [0.3, 0.4) is 0 Å². The Morgan fingerprint density at radius 2 is 1.82 bits per heavy atom. The fraction of sp³-hybridized carbons (Fsp3) is 0.143. The van der Waals surface area contributed by atoms with E-state index in [-0.39, 0.29) is 23.8 Å². The molecule has 39 heavy (non-hydrogen) atoms. The maximum absolute atomic E-state index is 13.5. The number of anilines is 2. The zero-order valence-electron chi connectivity index (χ0n) is 21.1. The molecule has 0 amide bonds. The number of benzene rings is 1. The summed E-state index contributed by atoms with van der Waals surface area (Å²) < 4.78 is 3.36. The lowest BCUT2D eigenvalue weighted by Gasteiger charge is -2.17. The second-order valence-electron chi connectivity index (χ2n) is 8.88. The standard InChI is InChI=1S/C28H24ClN5O3S2/c1-32(2)19-13-22(33(27(36)14-19)17-23(35)24-9-6-12-38-24)21-15-26(30-16-20-10-11-25(29)39-20)34(31-21)28(37)18-7-4-3-5-8-18/h3-15,30H,16-17H2,1-2H3. The number of Topliss-reactive ketones (excluding diaryl/α,β-unsaturated/α-hetero) is 1. The summed E-state index contributed by atoms with van der Waals surface area (Å²) in [7, 11) is 3.66. The summed E-state index contributed by atoms with van der Waals surface area (Å²) in [5.41, 5.74) is 1.58. The number of pyridine rings is 1. The fourth-order valence-electron chi connectivity index (χ4n) is 3.99. The zero-order valence-corrected chi connectivity index (χ0v) is 23.5. The second kappa shape index (κ2) is 11.4. The minimum Gasteiger partial charge on any atom is -0.377 e. The van der Waals surface area contributed by atoms with Crippen molar-refractivity contribution in [3.63, 3.8) is 0 Å². The maximum atomic E-state index is 13.5. The first-order valence-electron chi connectivity index (χ1n) is 12.0. The van der Waals surface area contributed by atoms with Gasteiger partial charge in [0.1, 0.15) is 11.5 Å². The van der Waals surface area contributed by atoms with Crippen LogP contribution in [0, 0.1) is 0 Å². The van der Waals surface area contributed by atoms with Crippen LogP contribution < -0.4 is 15.8 Å². The van der Waals surface area contributed by atoms with Gasteiger partial charge < -0.3 is 10.2 Å². The summed E-state index contributed by atoms with van der Waals surface area (Å²) in [6.45, 7) is 0.268. The molecule has 0 saturated carbocycles. The largest absolute Gasteiger partial charge is 0.377 e. The van der Waals surface area contributed by atoms with Crippen molar-refractivity contribution in [2.75, 3.05) is 24.3 Å². The van der Waals surface area contributed by atoms with Gasteiger partial charge in [0.2, 0.25) is 0 Å². The third kappa shape index (κ3) is 5.88. The molecular formula is C28H24ClN5O3S2. The predicted octanol–water partition coefficient (Wildman–Crippen LogP) is 5.74. The minimum atomic E-state index is -0.340. The molecule has 4 aromatic heterocycles. The molecule has 5 rings (SSSR count). The monoisotopic (exact) mass is 577 g/mol.